The minimum Gasteiger partial charge on any atom is -0.396 e. The molecule has 1 aromatic rings. The van der Waals surface area contributed by atoms with E-state index in [1.807, 2.05) is 0 Å². The number of nitrogens with one attached hydrogen (secondary N) is 1. The van der Waals surface area contributed by atoms with Crippen molar-refractivity contribution in [2.75, 3.05) is 17.6 Å². The Morgan fingerprint density at radius 1 is 1.57 bits per heavy atom. The molecule has 5 heteroatoms. The number of aromatic nitrogens is 1. The van der Waals surface area contributed by atoms with Crippen molar-refractivity contribution >= 4 is 23.1 Å². The van der Waals surface area contributed by atoms with Gasteiger partial charge in [-0.25, -0.2) is 4.98 Å². The molecule has 1 heterocycles. The van der Waals surface area contributed by atoms with E-state index in [0.717, 1.165) is 0 Å². The van der Waals surface area contributed by atoms with Gasteiger partial charge in [-0.15, -0.1) is 0 Å². The van der Waals surface area contributed by atoms with Crippen molar-refractivity contribution in [1.29, 1.82) is 0 Å². The number of rotatable bonds is 3. The maximum atomic E-state index is 9.48. The maximum absolute atomic E-state index is 9.48. The molecule has 0 saturated heterocycles. The van der Waals surface area contributed by atoms with Gasteiger partial charge in [-0.05, 0) is 26.0 Å². The molecule has 4 nitrogen and oxygen atoms in total. The van der Waals surface area contributed by atoms with E-state index in [2.05, 4.69) is 10.3 Å². The molecule has 0 fully saturated rings. The molecule has 78 valence electrons. The van der Waals surface area contributed by atoms with Gasteiger partial charge in [-0.1, -0.05) is 11.6 Å². The molecule has 14 heavy (non-hydrogen) atoms. The van der Waals surface area contributed by atoms with Crippen LogP contribution in [0.25, 0.3) is 0 Å². The van der Waals surface area contributed by atoms with E-state index in [4.69, 9.17) is 17.3 Å². The fourth-order valence-corrected chi connectivity index (χ4v) is 1.04. The normalized spacial score (nSPS) is 11.4. The zero-order chi connectivity index (χ0) is 10.8. The fraction of sp³-hybridized carbons (Fsp3) is 0.444. The van der Waals surface area contributed by atoms with Crippen LogP contribution in [0.4, 0.5) is 11.5 Å². The van der Waals surface area contributed by atoms with Crippen molar-refractivity contribution < 1.29 is 5.11 Å². The molecule has 0 radical (unpaired) electrons. The minimum absolute atomic E-state index is 0.366. The van der Waals surface area contributed by atoms with E-state index >= 15 is 0 Å². The average molecular weight is 216 g/mol. The van der Waals surface area contributed by atoms with Crippen LogP contribution < -0.4 is 11.1 Å². The van der Waals surface area contributed by atoms with E-state index < -0.39 is 5.60 Å². The highest BCUT2D eigenvalue weighted by molar-refractivity contribution is 6.29. The summed E-state index contributed by atoms with van der Waals surface area (Å²) in [6.45, 7) is 3.76. The zero-order valence-electron chi connectivity index (χ0n) is 8.21. The quantitative estimate of drug-likeness (QED) is 0.669. The van der Waals surface area contributed by atoms with Crippen LogP contribution in [-0.2, 0) is 0 Å². The SMILES string of the molecule is CC(C)(O)CNc1nc(Cl)ccc1N. The van der Waals surface area contributed by atoms with Crippen LogP contribution in [0.2, 0.25) is 5.15 Å². The predicted octanol–water partition coefficient (Wildman–Crippen LogP) is 1.50. The third-order valence-corrected chi connectivity index (χ3v) is 1.79. The van der Waals surface area contributed by atoms with E-state index in [1.165, 1.54) is 0 Å². The third kappa shape index (κ3) is 3.40. The molecule has 0 spiro atoms. The van der Waals surface area contributed by atoms with Gasteiger partial charge in [0.15, 0.2) is 5.82 Å². The Balaban J connectivity index is 2.72. The summed E-state index contributed by atoms with van der Waals surface area (Å²) in [6.07, 6.45) is 0. The van der Waals surface area contributed by atoms with Crippen molar-refractivity contribution in [3.8, 4) is 0 Å². The van der Waals surface area contributed by atoms with Crippen molar-refractivity contribution in [3.05, 3.63) is 17.3 Å². The lowest BCUT2D eigenvalue weighted by atomic mass is 10.1. The van der Waals surface area contributed by atoms with Gasteiger partial charge in [0.2, 0.25) is 0 Å². The number of halogens is 1. The Kier molecular flexibility index (Phi) is 3.18. The first-order chi connectivity index (χ1) is 6.38. The summed E-state index contributed by atoms with van der Waals surface area (Å²) in [5, 5.41) is 12.8. The molecular weight excluding hydrogens is 202 g/mol. The molecule has 0 aliphatic carbocycles. The molecule has 1 rings (SSSR count). The molecule has 0 aromatic carbocycles. The third-order valence-electron chi connectivity index (χ3n) is 1.58. The van der Waals surface area contributed by atoms with Crippen LogP contribution in [0.3, 0.4) is 0 Å². The van der Waals surface area contributed by atoms with Gasteiger partial charge in [0.05, 0.1) is 11.3 Å². The first-order valence-corrected chi connectivity index (χ1v) is 4.64. The summed E-state index contributed by atoms with van der Waals surface area (Å²) < 4.78 is 0. The summed E-state index contributed by atoms with van der Waals surface area (Å²) in [7, 11) is 0. The van der Waals surface area contributed by atoms with E-state index in [1.54, 1.807) is 26.0 Å². The van der Waals surface area contributed by atoms with E-state index in [-0.39, 0.29) is 0 Å². The lowest BCUT2D eigenvalue weighted by Crippen LogP contribution is -2.29. The largest absolute Gasteiger partial charge is 0.396 e. The molecule has 1 aromatic heterocycles. The number of pyridine rings is 1. The standard InChI is InChI=1S/C9H14ClN3O/c1-9(2,14)5-12-8-6(11)3-4-7(10)13-8/h3-4,14H,5,11H2,1-2H3,(H,12,13). The zero-order valence-corrected chi connectivity index (χ0v) is 8.97. The lowest BCUT2D eigenvalue weighted by molar-refractivity contribution is 0.0944. The Bertz CT molecular complexity index is 322. The number of aliphatic hydroxyl groups is 1. The molecule has 0 aliphatic heterocycles. The summed E-state index contributed by atoms with van der Waals surface area (Å²) in [6, 6.07) is 3.29. The highest BCUT2D eigenvalue weighted by Crippen LogP contribution is 2.18. The highest BCUT2D eigenvalue weighted by Gasteiger charge is 2.13. The number of nitrogen functional groups attached to an aromatic ring is 1. The van der Waals surface area contributed by atoms with Gasteiger partial charge < -0.3 is 16.2 Å². The van der Waals surface area contributed by atoms with Crippen molar-refractivity contribution in [3.63, 3.8) is 0 Å². The first-order valence-electron chi connectivity index (χ1n) is 4.27. The van der Waals surface area contributed by atoms with Gasteiger partial charge in [0, 0.05) is 6.54 Å². The van der Waals surface area contributed by atoms with Gasteiger partial charge in [0.1, 0.15) is 5.15 Å². The average Bonchev–Trinajstić information content (AvgIpc) is 2.05. The van der Waals surface area contributed by atoms with Gasteiger partial charge in [-0.2, -0.15) is 0 Å². The molecule has 0 aliphatic rings. The number of nitrogens with zero attached hydrogens (tertiary/aromatic N) is 1. The smallest absolute Gasteiger partial charge is 0.151 e. The number of hydrogen-bond donors (Lipinski definition) is 3. The van der Waals surface area contributed by atoms with Crippen LogP contribution in [0.5, 0.6) is 0 Å². The molecular formula is C9H14ClN3O. The molecule has 0 atom stereocenters. The van der Waals surface area contributed by atoms with E-state index in [0.29, 0.717) is 23.2 Å². The second-order valence-corrected chi connectivity index (χ2v) is 4.13. The Hall–Kier alpha value is -1.00. The lowest BCUT2D eigenvalue weighted by Gasteiger charge is -2.18. The summed E-state index contributed by atoms with van der Waals surface area (Å²) in [5.41, 5.74) is 5.36. The van der Waals surface area contributed by atoms with Gasteiger partial charge in [-0.3, -0.25) is 0 Å². The highest BCUT2D eigenvalue weighted by atomic mass is 35.5. The molecule has 0 saturated carbocycles. The summed E-state index contributed by atoms with van der Waals surface area (Å²) in [5.74, 6) is 0.500. The van der Waals surface area contributed by atoms with Crippen LogP contribution in [0.1, 0.15) is 13.8 Å². The second kappa shape index (κ2) is 4.02. The monoisotopic (exact) mass is 215 g/mol. The maximum Gasteiger partial charge on any atom is 0.151 e. The van der Waals surface area contributed by atoms with E-state index in [9.17, 15) is 5.11 Å². The van der Waals surface area contributed by atoms with Crippen LogP contribution >= 0.6 is 11.6 Å². The van der Waals surface area contributed by atoms with Crippen molar-refractivity contribution in [2.45, 2.75) is 19.4 Å². The predicted molar refractivity (Wildman–Crippen MR) is 58.4 cm³/mol. The molecule has 4 N–H and O–H groups in total. The Morgan fingerprint density at radius 2 is 2.21 bits per heavy atom. The Labute approximate surface area is 88.1 Å². The minimum atomic E-state index is -0.809. The summed E-state index contributed by atoms with van der Waals surface area (Å²) in [4.78, 5) is 3.99. The van der Waals surface area contributed by atoms with Crippen molar-refractivity contribution in [1.82, 2.24) is 4.98 Å². The van der Waals surface area contributed by atoms with Gasteiger partial charge in [0.25, 0.3) is 0 Å². The van der Waals surface area contributed by atoms with Crippen LogP contribution in [-0.4, -0.2) is 22.2 Å². The van der Waals surface area contributed by atoms with Gasteiger partial charge >= 0.3 is 0 Å². The topological polar surface area (TPSA) is 71.2 Å². The Morgan fingerprint density at radius 3 is 2.79 bits per heavy atom. The molecule has 0 amide bonds. The molecule has 0 unspecified atom stereocenters. The number of anilines is 2. The van der Waals surface area contributed by atoms with Crippen LogP contribution in [0, 0.1) is 0 Å². The molecule has 0 bridgehead atoms. The summed E-state index contributed by atoms with van der Waals surface area (Å²) >= 11 is 5.70. The first kappa shape index (κ1) is 11.1. The number of hydrogen-bond acceptors (Lipinski definition) is 4. The van der Waals surface area contributed by atoms with Crippen LogP contribution in [0.15, 0.2) is 12.1 Å². The number of nitrogens with two attached hydrogens (primary N) is 1. The van der Waals surface area contributed by atoms with Crippen molar-refractivity contribution in [2.24, 2.45) is 0 Å². The second-order valence-electron chi connectivity index (χ2n) is 3.74. The fourth-order valence-electron chi connectivity index (χ4n) is 0.888.